The number of fused-ring (bicyclic) bond motifs is 1. The zero-order chi connectivity index (χ0) is 23.0. The summed E-state index contributed by atoms with van der Waals surface area (Å²) in [6, 6.07) is 3.77. The zero-order valence-corrected chi connectivity index (χ0v) is 20.2. The molecule has 2 aliphatic rings. The van der Waals surface area contributed by atoms with Gasteiger partial charge in [-0.15, -0.1) is 0 Å². The highest BCUT2D eigenvalue weighted by Crippen LogP contribution is 2.46. The number of hydrogen-bond acceptors (Lipinski definition) is 6. The fourth-order valence-corrected chi connectivity index (χ4v) is 4.36. The number of rotatable bonds is 14. The lowest BCUT2D eigenvalue weighted by atomic mass is 9.90. The summed E-state index contributed by atoms with van der Waals surface area (Å²) >= 11 is 0. The third-order valence-corrected chi connectivity index (χ3v) is 6.26. The Balaban J connectivity index is 1.89. The third kappa shape index (κ3) is 5.47. The summed E-state index contributed by atoms with van der Waals surface area (Å²) in [5.41, 5.74) is 3.98. The van der Waals surface area contributed by atoms with Gasteiger partial charge in [-0.25, -0.2) is 0 Å². The Morgan fingerprint density at radius 3 is 2.56 bits per heavy atom. The number of hydrogen-bond donors (Lipinski definition) is 2. The van der Waals surface area contributed by atoms with E-state index in [4.69, 9.17) is 18.9 Å². The molecule has 0 saturated carbocycles. The zero-order valence-electron chi connectivity index (χ0n) is 20.2. The second-order valence-electron chi connectivity index (χ2n) is 8.83. The molecule has 0 radical (unpaired) electrons. The SMILES string of the molecule is CCCCOC[C@H]1O[C@@H](c2ccc3n2NCNC3=O)[C@](C)(OCCCC)[C@@H]1OCCCC. The second kappa shape index (κ2) is 12.0. The summed E-state index contributed by atoms with van der Waals surface area (Å²) in [6.45, 7) is 11.4. The molecule has 0 aromatic carbocycles. The third-order valence-electron chi connectivity index (χ3n) is 6.26. The summed E-state index contributed by atoms with van der Waals surface area (Å²) in [6.07, 6.45) is 5.27. The molecule has 3 rings (SSSR count). The van der Waals surface area contributed by atoms with Gasteiger partial charge in [-0.1, -0.05) is 40.0 Å². The molecule has 1 fully saturated rings. The quantitative estimate of drug-likeness (QED) is 0.419. The highest BCUT2D eigenvalue weighted by molar-refractivity contribution is 5.93. The van der Waals surface area contributed by atoms with Crippen molar-refractivity contribution in [3.63, 3.8) is 0 Å². The fraction of sp³-hybridized carbons (Fsp3) is 0.792. The number of aromatic nitrogens is 1. The van der Waals surface area contributed by atoms with Crippen molar-refractivity contribution in [2.45, 2.75) is 90.1 Å². The topological polar surface area (TPSA) is 83.0 Å². The Labute approximate surface area is 192 Å². The van der Waals surface area contributed by atoms with Gasteiger partial charge in [0.25, 0.3) is 5.91 Å². The van der Waals surface area contributed by atoms with Gasteiger partial charge in [0.2, 0.25) is 0 Å². The van der Waals surface area contributed by atoms with E-state index in [1.54, 1.807) is 0 Å². The first-order valence-corrected chi connectivity index (χ1v) is 12.3. The average Bonchev–Trinajstić information content (AvgIpc) is 3.32. The Morgan fingerprint density at radius 1 is 1.09 bits per heavy atom. The van der Waals surface area contributed by atoms with Crippen molar-refractivity contribution in [1.29, 1.82) is 0 Å². The van der Waals surface area contributed by atoms with Crippen LogP contribution in [0.15, 0.2) is 12.1 Å². The number of nitrogens with zero attached hydrogens (tertiary/aromatic N) is 1. The first-order chi connectivity index (χ1) is 15.6. The summed E-state index contributed by atoms with van der Waals surface area (Å²) in [4.78, 5) is 12.3. The number of amides is 1. The maximum absolute atomic E-state index is 12.3. The van der Waals surface area contributed by atoms with Crippen LogP contribution in [0.25, 0.3) is 0 Å². The summed E-state index contributed by atoms with van der Waals surface area (Å²) in [5, 5.41) is 2.81. The molecule has 1 amide bonds. The molecular formula is C24H41N3O5. The summed E-state index contributed by atoms with van der Waals surface area (Å²) in [7, 11) is 0. The van der Waals surface area contributed by atoms with E-state index in [0.717, 1.165) is 44.2 Å². The second-order valence-corrected chi connectivity index (χ2v) is 8.83. The van der Waals surface area contributed by atoms with Crippen molar-refractivity contribution >= 4 is 5.91 Å². The Kier molecular flexibility index (Phi) is 9.40. The van der Waals surface area contributed by atoms with Crippen molar-refractivity contribution in [1.82, 2.24) is 9.99 Å². The molecule has 182 valence electrons. The predicted octanol–water partition coefficient (Wildman–Crippen LogP) is 3.75. The predicted molar refractivity (Wildman–Crippen MR) is 123 cm³/mol. The molecule has 3 heterocycles. The van der Waals surface area contributed by atoms with E-state index >= 15 is 0 Å². The molecule has 8 nitrogen and oxygen atoms in total. The van der Waals surface area contributed by atoms with E-state index < -0.39 is 11.7 Å². The Hall–Kier alpha value is -1.61. The smallest absolute Gasteiger partial charge is 0.271 e. The van der Waals surface area contributed by atoms with E-state index in [1.807, 2.05) is 16.8 Å². The molecule has 2 aliphatic heterocycles. The van der Waals surface area contributed by atoms with Crippen LogP contribution >= 0.6 is 0 Å². The van der Waals surface area contributed by atoms with Crippen LogP contribution in [0.4, 0.5) is 0 Å². The molecule has 0 unspecified atom stereocenters. The van der Waals surface area contributed by atoms with Gasteiger partial charge in [-0.3, -0.25) is 9.47 Å². The average molecular weight is 452 g/mol. The monoisotopic (exact) mass is 451 g/mol. The molecule has 0 aliphatic carbocycles. The van der Waals surface area contributed by atoms with E-state index in [9.17, 15) is 4.79 Å². The van der Waals surface area contributed by atoms with Crippen LogP contribution in [0, 0.1) is 0 Å². The lowest BCUT2D eigenvalue weighted by Crippen LogP contribution is -2.49. The van der Waals surface area contributed by atoms with Crippen molar-refractivity contribution < 1.29 is 23.7 Å². The van der Waals surface area contributed by atoms with Crippen LogP contribution in [-0.4, -0.2) is 61.5 Å². The number of carbonyl (C=O) groups is 1. The van der Waals surface area contributed by atoms with Gasteiger partial charge < -0.3 is 29.7 Å². The standard InChI is InChI=1S/C24H41N3O5/c1-5-8-13-29-16-20-22(30-14-9-6-2)24(4,31-15-10-7-3)21(32-20)18-11-12-19-23(28)25-17-26-27(18)19/h11-12,20-22,26H,5-10,13-17H2,1-4H3,(H,25,28)/t20-,21+,22-,24+/m1/s1. The van der Waals surface area contributed by atoms with E-state index in [2.05, 4.69) is 38.4 Å². The Morgan fingerprint density at radius 2 is 1.81 bits per heavy atom. The lowest BCUT2D eigenvalue weighted by Gasteiger charge is -2.36. The van der Waals surface area contributed by atoms with Crippen molar-refractivity contribution in [2.75, 3.05) is 38.5 Å². The van der Waals surface area contributed by atoms with Gasteiger partial charge in [0.05, 0.1) is 12.3 Å². The van der Waals surface area contributed by atoms with Crippen molar-refractivity contribution in [2.24, 2.45) is 0 Å². The molecule has 1 saturated heterocycles. The fourth-order valence-electron chi connectivity index (χ4n) is 4.36. The Bertz CT molecular complexity index is 724. The number of ether oxygens (including phenoxy) is 4. The van der Waals surface area contributed by atoms with Gasteiger partial charge in [0.15, 0.2) is 0 Å². The first-order valence-electron chi connectivity index (χ1n) is 12.3. The molecule has 32 heavy (non-hydrogen) atoms. The molecule has 2 N–H and O–H groups in total. The van der Waals surface area contributed by atoms with E-state index in [1.165, 1.54) is 0 Å². The largest absolute Gasteiger partial charge is 0.379 e. The molecule has 0 bridgehead atoms. The highest BCUT2D eigenvalue weighted by Gasteiger charge is 2.57. The summed E-state index contributed by atoms with van der Waals surface area (Å²) < 4.78 is 27.4. The van der Waals surface area contributed by atoms with E-state index in [0.29, 0.717) is 38.8 Å². The maximum Gasteiger partial charge on any atom is 0.271 e. The molecule has 1 aromatic heterocycles. The van der Waals surface area contributed by atoms with Crippen molar-refractivity contribution in [3.05, 3.63) is 23.5 Å². The minimum Gasteiger partial charge on any atom is -0.379 e. The van der Waals surface area contributed by atoms with E-state index in [-0.39, 0.29) is 18.1 Å². The van der Waals surface area contributed by atoms with Gasteiger partial charge >= 0.3 is 0 Å². The minimum atomic E-state index is -0.702. The van der Waals surface area contributed by atoms with Gasteiger partial charge in [-0.2, -0.15) is 0 Å². The molecule has 8 heteroatoms. The van der Waals surface area contributed by atoms with Crippen LogP contribution in [0.5, 0.6) is 0 Å². The first kappa shape index (κ1) is 25.0. The normalized spacial score (nSPS) is 27.2. The van der Waals surface area contributed by atoms with Gasteiger partial charge in [0.1, 0.15) is 36.3 Å². The lowest BCUT2D eigenvalue weighted by molar-refractivity contribution is -0.138. The summed E-state index contributed by atoms with van der Waals surface area (Å²) in [5.74, 6) is -0.100. The molecule has 4 atom stereocenters. The van der Waals surface area contributed by atoms with Crippen LogP contribution in [0.3, 0.4) is 0 Å². The minimum absolute atomic E-state index is 0.100. The maximum atomic E-state index is 12.3. The number of carbonyl (C=O) groups excluding carboxylic acids is 1. The van der Waals surface area contributed by atoms with Gasteiger partial charge in [-0.05, 0) is 38.3 Å². The van der Waals surface area contributed by atoms with Crippen LogP contribution in [0.1, 0.15) is 88.5 Å². The molecular weight excluding hydrogens is 410 g/mol. The van der Waals surface area contributed by atoms with Crippen molar-refractivity contribution in [3.8, 4) is 0 Å². The van der Waals surface area contributed by atoms with Gasteiger partial charge in [0, 0.05) is 19.8 Å². The molecule has 0 spiro atoms. The van der Waals surface area contributed by atoms with Crippen LogP contribution < -0.4 is 10.7 Å². The highest BCUT2D eigenvalue weighted by atomic mass is 16.6. The van der Waals surface area contributed by atoms with Crippen LogP contribution in [-0.2, 0) is 18.9 Å². The number of unbranched alkanes of at least 4 members (excludes halogenated alkanes) is 3. The number of nitrogens with one attached hydrogen (secondary N) is 2. The van der Waals surface area contributed by atoms with Crippen LogP contribution in [0.2, 0.25) is 0 Å². The molecule has 1 aromatic rings.